The van der Waals surface area contributed by atoms with Crippen molar-refractivity contribution >= 4 is 150 Å². The highest BCUT2D eigenvalue weighted by Gasteiger charge is 2.44. The first-order valence-electron chi connectivity index (χ1n) is 32.0. The molecule has 19 aromatic rings. The molecule has 0 fully saturated rings. The van der Waals surface area contributed by atoms with E-state index >= 15 is 0 Å². The lowest BCUT2D eigenvalue weighted by Gasteiger charge is -2.42. The highest BCUT2D eigenvalue weighted by molar-refractivity contribution is 7.26. The van der Waals surface area contributed by atoms with E-state index in [1.165, 1.54) is 51.1 Å². The van der Waals surface area contributed by atoms with Gasteiger partial charge in [0.2, 0.25) is 0 Å². The van der Waals surface area contributed by atoms with Crippen molar-refractivity contribution in [1.82, 2.24) is 18.3 Å². The molecule has 0 aliphatic heterocycles. The molecule has 0 bridgehead atoms. The molecule has 6 heterocycles. The second-order valence-corrected chi connectivity index (χ2v) is 28.2. The molecular weight excluding hydrogens is 1180 g/mol. The van der Waals surface area contributed by atoms with Crippen molar-refractivity contribution in [2.24, 2.45) is 0 Å². The van der Waals surface area contributed by atoms with Crippen LogP contribution in [0.4, 0.5) is 0 Å². The molecule has 0 amide bonds. The zero-order valence-corrected chi connectivity index (χ0v) is 53.5. The van der Waals surface area contributed by atoms with Gasteiger partial charge in [0.25, 0.3) is 0 Å². The molecule has 94 heavy (non-hydrogen) atoms. The average Bonchev–Trinajstić information content (AvgIpc) is 1.35. The van der Waals surface area contributed by atoms with Gasteiger partial charge in [0.15, 0.2) is 0 Å². The molecule has 0 aliphatic rings. The molecule has 8 heteroatoms. The zero-order valence-electron chi connectivity index (χ0n) is 51.9. The van der Waals surface area contributed by atoms with Gasteiger partial charge >= 0.3 is 0 Å². The van der Waals surface area contributed by atoms with Crippen LogP contribution in [0.15, 0.2) is 267 Å². The first-order valence-corrected chi connectivity index (χ1v) is 33.7. The molecule has 0 saturated carbocycles. The lowest BCUT2D eigenvalue weighted by atomic mass is 9.74. The van der Waals surface area contributed by atoms with E-state index in [1.807, 2.05) is 34.8 Å². The normalized spacial score (nSPS) is 12.4. The molecule has 6 aromatic heterocycles. The summed E-state index contributed by atoms with van der Waals surface area (Å²) in [6.45, 7) is 9.69. The fourth-order valence-electron chi connectivity index (χ4n) is 16.7. The Morgan fingerprint density at radius 3 is 1.00 bits per heavy atom. The van der Waals surface area contributed by atoms with E-state index in [2.05, 4.69) is 313 Å². The van der Waals surface area contributed by atoms with Gasteiger partial charge in [0.05, 0.1) is 67.8 Å². The number of benzene rings is 13. The number of para-hydroxylation sites is 6. The lowest BCUT2D eigenvalue weighted by Crippen LogP contribution is -2.35. The maximum atomic E-state index is 11.3. The third-order valence-electron chi connectivity index (χ3n) is 20.3. The van der Waals surface area contributed by atoms with Gasteiger partial charge in [-0.25, -0.2) is 0 Å². The third-order valence-corrected chi connectivity index (χ3v) is 22.6. The number of hydrogen-bond donors (Lipinski definition) is 0. The molecule has 13 aromatic carbocycles. The molecule has 0 spiro atoms. The molecule has 0 atom stereocenters. The molecule has 0 unspecified atom stereocenters. The Labute approximate surface area is 549 Å². The highest BCUT2D eigenvalue weighted by Crippen LogP contribution is 2.58. The monoisotopic (exact) mass is 1240 g/mol. The van der Waals surface area contributed by atoms with Crippen molar-refractivity contribution in [1.29, 1.82) is 10.5 Å². The van der Waals surface area contributed by atoms with Crippen LogP contribution in [0.3, 0.4) is 0 Å². The van der Waals surface area contributed by atoms with E-state index in [1.54, 1.807) is 0 Å². The number of thiophene rings is 2. The van der Waals surface area contributed by atoms with Crippen LogP contribution in [0.5, 0.6) is 0 Å². The summed E-state index contributed by atoms with van der Waals surface area (Å²) in [6, 6.07) is 103. The first kappa shape index (κ1) is 54.2. The van der Waals surface area contributed by atoms with Crippen molar-refractivity contribution in [2.75, 3.05) is 0 Å². The summed E-state index contributed by atoms with van der Waals surface area (Å²) in [7, 11) is 0. The number of fused-ring (bicyclic) bond motifs is 20. The summed E-state index contributed by atoms with van der Waals surface area (Å²) in [5, 5.41) is 36.8. The summed E-state index contributed by atoms with van der Waals surface area (Å²) >= 11 is 3.69. The lowest BCUT2D eigenvalue weighted by molar-refractivity contribution is 0.455. The number of nitriles is 2. The summed E-state index contributed by atoms with van der Waals surface area (Å²) in [5.74, 6) is 0. The van der Waals surface area contributed by atoms with E-state index in [0.29, 0.717) is 11.1 Å². The largest absolute Gasteiger partial charge is 0.331 e. The van der Waals surface area contributed by atoms with E-state index in [4.69, 9.17) is 0 Å². The van der Waals surface area contributed by atoms with Crippen LogP contribution in [0.2, 0.25) is 0 Å². The second kappa shape index (κ2) is 20.0. The standard InChI is InChI=1S/C86H56N6S2/c1-85(2,91-65-37-15-5-27-55(65)56-28-6-16-38-66(56)91)81-75(53-25-21-23-51(47-53)49-87)83(89-63-35-13-9-31-59(63)77-69(89)43-45-73-79(77)61-33-11-19-41-71(61)93-73)82(86(3,4)92-67-39-17-7-29-57(67)58-30-8-18-40-68(58)92)84(76(81)54-26-22-24-52(48-54)50-88)90-64-36-14-10-32-60(64)78-70(90)44-46-74-80(78)62-34-12-20-42-72(62)94-74/h5-48H,1-4H3. The summed E-state index contributed by atoms with van der Waals surface area (Å²) < 4.78 is 15.4. The predicted molar refractivity (Wildman–Crippen MR) is 397 cm³/mol. The fourth-order valence-corrected chi connectivity index (χ4v) is 18.9. The third kappa shape index (κ3) is 7.38. The highest BCUT2D eigenvalue weighted by atomic mass is 32.1. The fraction of sp³-hybridized carbons (Fsp3) is 0.0698. The van der Waals surface area contributed by atoms with Crippen LogP contribution < -0.4 is 0 Å². The number of aromatic nitrogens is 4. The molecule has 19 rings (SSSR count). The van der Waals surface area contributed by atoms with Crippen LogP contribution in [0.1, 0.15) is 49.9 Å². The minimum absolute atomic E-state index is 0.549. The SMILES string of the molecule is CC(C)(c1c(-c2cccc(C#N)c2)c(-n2c3ccccc3c3c4c(ccc32)sc2ccccc24)c(C(C)(C)n2c3ccccc3c3ccccc32)c(-n2c3ccccc3c3c4c(ccc32)sc2ccccc24)c1-c1cccc(C#N)c1)n1c2ccccc2c2ccccc21. The topological polar surface area (TPSA) is 67.3 Å². The van der Waals surface area contributed by atoms with Gasteiger partial charge in [-0.3, -0.25) is 0 Å². The summed E-state index contributed by atoms with van der Waals surface area (Å²) in [6.07, 6.45) is 0. The minimum atomic E-state index is -0.986. The van der Waals surface area contributed by atoms with Gasteiger partial charge in [-0.15, -0.1) is 22.7 Å². The van der Waals surface area contributed by atoms with Gasteiger partial charge in [0.1, 0.15) is 0 Å². The minimum Gasteiger partial charge on any atom is -0.331 e. The molecule has 6 nitrogen and oxygen atoms in total. The van der Waals surface area contributed by atoms with Crippen molar-refractivity contribution < 1.29 is 0 Å². The molecule has 0 aliphatic carbocycles. The Kier molecular flexibility index (Phi) is 11.5. The quantitative estimate of drug-likeness (QED) is 0.152. The Morgan fingerprint density at radius 1 is 0.287 bits per heavy atom. The van der Waals surface area contributed by atoms with E-state index in [9.17, 15) is 10.5 Å². The Morgan fingerprint density at radius 2 is 0.617 bits per heavy atom. The maximum absolute atomic E-state index is 11.3. The van der Waals surface area contributed by atoms with E-state index in [-0.39, 0.29) is 0 Å². The van der Waals surface area contributed by atoms with Gasteiger partial charge in [-0.1, -0.05) is 170 Å². The summed E-state index contributed by atoms with van der Waals surface area (Å²) in [5.41, 5.74) is 15.5. The van der Waals surface area contributed by atoms with Crippen LogP contribution in [0.25, 0.3) is 161 Å². The van der Waals surface area contributed by atoms with Crippen LogP contribution in [-0.2, 0) is 11.1 Å². The molecule has 0 N–H and O–H groups in total. The van der Waals surface area contributed by atoms with Gasteiger partial charge in [-0.05, 0) is 141 Å². The predicted octanol–water partition coefficient (Wildman–Crippen LogP) is 23.5. The molecule has 0 saturated heterocycles. The summed E-state index contributed by atoms with van der Waals surface area (Å²) in [4.78, 5) is 0. The van der Waals surface area contributed by atoms with Gasteiger partial charge in [-0.2, -0.15) is 10.5 Å². The Bertz CT molecular complexity index is 6220. The van der Waals surface area contributed by atoms with Crippen LogP contribution in [0, 0.1) is 22.7 Å². The van der Waals surface area contributed by atoms with Gasteiger partial charge in [0, 0.05) is 122 Å². The van der Waals surface area contributed by atoms with Crippen molar-refractivity contribution in [3.63, 3.8) is 0 Å². The molecule has 0 radical (unpaired) electrons. The first-order chi connectivity index (χ1) is 46.1. The van der Waals surface area contributed by atoms with E-state index in [0.717, 1.165) is 121 Å². The second-order valence-electron chi connectivity index (χ2n) is 26.0. The van der Waals surface area contributed by atoms with Crippen molar-refractivity contribution in [3.05, 3.63) is 289 Å². The van der Waals surface area contributed by atoms with E-state index < -0.39 is 11.1 Å². The van der Waals surface area contributed by atoms with Crippen LogP contribution in [-0.4, -0.2) is 18.3 Å². The molecular formula is C86H56N6S2. The number of nitrogens with zero attached hydrogens (tertiary/aromatic N) is 6. The number of hydrogen-bond acceptors (Lipinski definition) is 4. The van der Waals surface area contributed by atoms with Crippen molar-refractivity contribution in [3.8, 4) is 45.8 Å². The van der Waals surface area contributed by atoms with Gasteiger partial charge < -0.3 is 18.3 Å². The number of rotatable bonds is 8. The smallest absolute Gasteiger partial charge is 0.0991 e. The van der Waals surface area contributed by atoms with Crippen LogP contribution >= 0.6 is 22.7 Å². The van der Waals surface area contributed by atoms with Crippen molar-refractivity contribution in [2.45, 2.75) is 38.8 Å². The average molecular weight is 1240 g/mol. The maximum Gasteiger partial charge on any atom is 0.0991 e. The zero-order chi connectivity index (χ0) is 62.9. The Hall–Kier alpha value is -11.5. The Balaban J connectivity index is 1.17. The molecule has 442 valence electrons.